The summed E-state index contributed by atoms with van der Waals surface area (Å²) in [6.45, 7) is 5.36. The molecule has 1 amide bonds. The van der Waals surface area contributed by atoms with Crippen LogP contribution < -0.4 is 0 Å². The van der Waals surface area contributed by atoms with Crippen LogP contribution in [0.5, 0.6) is 0 Å². The molecule has 0 bridgehead atoms. The molecule has 32 heavy (non-hydrogen) atoms. The van der Waals surface area contributed by atoms with Crippen LogP contribution in [0.2, 0.25) is 0 Å². The van der Waals surface area contributed by atoms with Gasteiger partial charge in [0.25, 0.3) is 5.91 Å². The molecule has 6 nitrogen and oxygen atoms in total. The molecule has 0 radical (unpaired) electrons. The van der Waals surface area contributed by atoms with Crippen LogP contribution in [0.15, 0.2) is 77.8 Å². The first-order chi connectivity index (χ1) is 15.4. The molecule has 1 heterocycles. The maximum absolute atomic E-state index is 13.5. The van der Waals surface area contributed by atoms with Gasteiger partial charge in [-0.3, -0.25) is 4.79 Å². The van der Waals surface area contributed by atoms with E-state index >= 15 is 0 Å². The molecule has 0 atom stereocenters. The summed E-state index contributed by atoms with van der Waals surface area (Å²) < 4.78 is 28.9. The van der Waals surface area contributed by atoms with Gasteiger partial charge in [0.1, 0.15) is 10.6 Å². The van der Waals surface area contributed by atoms with E-state index < -0.39 is 10.0 Å². The molecule has 0 aliphatic rings. The van der Waals surface area contributed by atoms with Crippen molar-refractivity contribution >= 4 is 15.9 Å². The molecule has 0 spiro atoms. The Kier molecular flexibility index (Phi) is 7.88. The fraction of sp³-hybridized carbons (Fsp3) is 0.320. The number of carbonyl (C=O) groups excluding carboxylic acids is 1. The number of sulfonamides is 1. The van der Waals surface area contributed by atoms with Crippen molar-refractivity contribution in [1.29, 1.82) is 0 Å². The molecule has 0 N–H and O–H groups in total. The molecule has 2 aromatic carbocycles. The van der Waals surface area contributed by atoms with E-state index in [-0.39, 0.29) is 10.8 Å². The molecule has 0 saturated carbocycles. The Labute approximate surface area is 191 Å². The van der Waals surface area contributed by atoms with Crippen molar-refractivity contribution in [2.24, 2.45) is 7.05 Å². The van der Waals surface area contributed by atoms with Crippen molar-refractivity contribution in [2.45, 2.75) is 31.7 Å². The highest BCUT2D eigenvalue weighted by atomic mass is 32.2. The number of benzene rings is 2. The summed E-state index contributed by atoms with van der Waals surface area (Å²) in [4.78, 5) is 15.5. The van der Waals surface area contributed by atoms with Gasteiger partial charge in [0, 0.05) is 39.4 Å². The highest BCUT2D eigenvalue weighted by Crippen LogP contribution is 2.20. The summed E-state index contributed by atoms with van der Waals surface area (Å²) in [5.74, 6) is -0.187. The molecular weight excluding hydrogens is 422 g/mol. The normalized spacial score (nSPS) is 11.6. The van der Waals surface area contributed by atoms with Crippen molar-refractivity contribution in [2.75, 3.05) is 19.6 Å². The Hall–Kier alpha value is -2.90. The van der Waals surface area contributed by atoms with E-state index in [0.29, 0.717) is 38.3 Å². The van der Waals surface area contributed by atoms with Crippen molar-refractivity contribution in [3.63, 3.8) is 0 Å². The number of aromatic nitrogens is 1. The van der Waals surface area contributed by atoms with Crippen molar-refractivity contribution in [1.82, 2.24) is 13.8 Å². The number of aryl methyl sites for hydroxylation is 1. The second-order valence-corrected chi connectivity index (χ2v) is 9.65. The molecular formula is C25H31N3O3S. The molecule has 7 heteroatoms. The van der Waals surface area contributed by atoms with E-state index in [1.807, 2.05) is 60.7 Å². The zero-order valence-corrected chi connectivity index (χ0v) is 19.8. The van der Waals surface area contributed by atoms with Gasteiger partial charge in [-0.1, -0.05) is 74.5 Å². The van der Waals surface area contributed by atoms with Crippen LogP contribution in [0, 0.1) is 0 Å². The average Bonchev–Trinajstić information content (AvgIpc) is 3.20. The summed E-state index contributed by atoms with van der Waals surface area (Å²) in [6, 6.07) is 21.4. The Morgan fingerprint density at radius 3 is 2.03 bits per heavy atom. The Balaban J connectivity index is 1.89. The smallest absolute Gasteiger partial charge is 0.270 e. The lowest BCUT2D eigenvalue weighted by Crippen LogP contribution is -2.33. The minimum atomic E-state index is -3.63. The second-order valence-electron chi connectivity index (χ2n) is 7.71. The zero-order valence-electron chi connectivity index (χ0n) is 18.9. The summed E-state index contributed by atoms with van der Waals surface area (Å²) in [7, 11) is -1.92. The minimum Gasteiger partial charge on any atom is -0.345 e. The lowest BCUT2D eigenvalue weighted by Gasteiger charge is -2.23. The van der Waals surface area contributed by atoms with Crippen LogP contribution in [0.25, 0.3) is 0 Å². The maximum atomic E-state index is 13.5. The van der Waals surface area contributed by atoms with Gasteiger partial charge in [-0.2, -0.15) is 4.31 Å². The average molecular weight is 454 g/mol. The topological polar surface area (TPSA) is 62.6 Å². The number of amides is 1. The van der Waals surface area contributed by atoms with Crippen LogP contribution in [-0.4, -0.2) is 47.7 Å². The highest BCUT2D eigenvalue weighted by molar-refractivity contribution is 7.89. The van der Waals surface area contributed by atoms with Crippen LogP contribution >= 0.6 is 0 Å². The number of hydrogen-bond acceptors (Lipinski definition) is 3. The zero-order chi connectivity index (χ0) is 23.1. The highest BCUT2D eigenvalue weighted by Gasteiger charge is 2.27. The number of carbonyl (C=O) groups is 1. The van der Waals surface area contributed by atoms with Gasteiger partial charge in [0.05, 0.1) is 0 Å². The minimum absolute atomic E-state index is 0.148. The first-order valence-corrected chi connectivity index (χ1v) is 12.3. The standard InChI is InChI=1S/C25H31N3O3S/c1-4-28(5-2)32(30,31)23-18-24(26(3)20-23)25(29)27(19-22-14-10-7-11-15-22)17-16-21-12-8-6-9-13-21/h6-15,18,20H,4-5,16-17,19H2,1-3H3. The molecule has 3 aromatic rings. The van der Waals surface area contributed by atoms with E-state index in [1.54, 1.807) is 30.4 Å². The van der Waals surface area contributed by atoms with Crippen LogP contribution in [0.1, 0.15) is 35.5 Å². The lowest BCUT2D eigenvalue weighted by molar-refractivity contribution is 0.0735. The van der Waals surface area contributed by atoms with Gasteiger partial charge < -0.3 is 9.47 Å². The quantitative estimate of drug-likeness (QED) is 0.467. The summed E-state index contributed by atoms with van der Waals surface area (Å²) >= 11 is 0. The number of rotatable bonds is 10. The van der Waals surface area contributed by atoms with Gasteiger partial charge in [-0.25, -0.2) is 8.42 Å². The predicted octanol–water partition coefficient (Wildman–Crippen LogP) is 3.94. The number of nitrogens with zero attached hydrogens (tertiary/aromatic N) is 3. The van der Waals surface area contributed by atoms with Gasteiger partial charge in [-0.15, -0.1) is 0 Å². The molecule has 0 unspecified atom stereocenters. The van der Waals surface area contributed by atoms with E-state index in [2.05, 4.69) is 0 Å². The van der Waals surface area contributed by atoms with Gasteiger partial charge in [-0.05, 0) is 23.6 Å². The van der Waals surface area contributed by atoms with Crippen molar-refractivity contribution < 1.29 is 13.2 Å². The summed E-state index contributed by atoms with van der Waals surface area (Å²) in [5.41, 5.74) is 2.54. The molecule has 170 valence electrons. The Bertz CT molecular complexity index is 1120. The molecule has 0 aliphatic heterocycles. The molecule has 0 aliphatic carbocycles. The van der Waals surface area contributed by atoms with Gasteiger partial charge in [0.2, 0.25) is 10.0 Å². The Morgan fingerprint density at radius 2 is 1.47 bits per heavy atom. The van der Waals surface area contributed by atoms with Crippen LogP contribution in [0.4, 0.5) is 0 Å². The fourth-order valence-electron chi connectivity index (χ4n) is 3.73. The summed E-state index contributed by atoms with van der Waals surface area (Å²) in [6.07, 6.45) is 2.24. The Morgan fingerprint density at radius 1 is 0.906 bits per heavy atom. The van der Waals surface area contributed by atoms with Crippen molar-refractivity contribution in [3.05, 3.63) is 89.7 Å². The van der Waals surface area contributed by atoms with Crippen molar-refractivity contribution in [3.8, 4) is 0 Å². The first-order valence-electron chi connectivity index (χ1n) is 10.9. The molecule has 3 rings (SSSR count). The fourth-order valence-corrected chi connectivity index (χ4v) is 5.26. The van der Waals surface area contributed by atoms with Gasteiger partial charge >= 0.3 is 0 Å². The van der Waals surface area contributed by atoms with E-state index in [9.17, 15) is 13.2 Å². The van der Waals surface area contributed by atoms with Crippen LogP contribution in [-0.2, 0) is 30.0 Å². The van der Waals surface area contributed by atoms with E-state index in [1.165, 1.54) is 16.6 Å². The third-order valence-corrected chi connectivity index (χ3v) is 7.57. The maximum Gasteiger partial charge on any atom is 0.270 e. The van der Waals surface area contributed by atoms with Crippen LogP contribution in [0.3, 0.4) is 0 Å². The third-order valence-electron chi connectivity index (χ3n) is 5.56. The van der Waals surface area contributed by atoms with E-state index in [4.69, 9.17) is 0 Å². The second kappa shape index (κ2) is 10.6. The largest absolute Gasteiger partial charge is 0.345 e. The number of hydrogen-bond donors (Lipinski definition) is 0. The predicted molar refractivity (Wildman–Crippen MR) is 127 cm³/mol. The SMILES string of the molecule is CCN(CC)S(=O)(=O)c1cc(C(=O)N(CCc2ccccc2)Cc2ccccc2)n(C)c1. The monoisotopic (exact) mass is 453 g/mol. The summed E-state index contributed by atoms with van der Waals surface area (Å²) in [5, 5.41) is 0. The van der Waals surface area contributed by atoms with E-state index in [0.717, 1.165) is 11.1 Å². The first kappa shape index (κ1) is 23.8. The lowest BCUT2D eigenvalue weighted by atomic mass is 10.1. The molecule has 0 fully saturated rings. The third kappa shape index (κ3) is 5.47. The molecule has 1 aromatic heterocycles. The van der Waals surface area contributed by atoms with Gasteiger partial charge in [0.15, 0.2) is 0 Å². The molecule has 0 saturated heterocycles.